The molecule has 134 valence electrons. The molecule has 4 atom stereocenters. The first-order valence-corrected chi connectivity index (χ1v) is 9.47. The van der Waals surface area contributed by atoms with Gasteiger partial charge in [0, 0.05) is 19.6 Å². The first-order chi connectivity index (χ1) is 11.6. The summed E-state index contributed by atoms with van der Waals surface area (Å²) in [5.74, 6) is -0.288. The smallest absolute Gasteiger partial charge is 0.311 e. The van der Waals surface area contributed by atoms with E-state index in [0.29, 0.717) is 26.2 Å². The van der Waals surface area contributed by atoms with E-state index in [1.807, 2.05) is 4.90 Å². The molecule has 2 heterocycles. The van der Waals surface area contributed by atoms with Crippen molar-refractivity contribution >= 4 is 11.9 Å². The minimum absolute atomic E-state index is 0.163. The van der Waals surface area contributed by atoms with Gasteiger partial charge >= 0.3 is 5.97 Å². The number of carbonyl (C=O) groups excluding carboxylic acids is 1. The van der Waals surface area contributed by atoms with Crippen molar-refractivity contribution in [1.29, 1.82) is 0 Å². The third kappa shape index (κ3) is 2.64. The molecule has 0 radical (unpaired) electrons. The molecular weight excluding hydrogens is 308 g/mol. The van der Waals surface area contributed by atoms with E-state index in [9.17, 15) is 14.7 Å². The van der Waals surface area contributed by atoms with Crippen molar-refractivity contribution in [2.24, 2.45) is 11.3 Å². The molecule has 2 aliphatic carbocycles. The van der Waals surface area contributed by atoms with E-state index in [0.717, 1.165) is 38.6 Å². The predicted octanol–water partition coefficient (Wildman–Crippen LogP) is 1.34. The summed E-state index contributed by atoms with van der Waals surface area (Å²) in [5, 5.41) is 9.69. The monoisotopic (exact) mass is 336 g/mol. The van der Waals surface area contributed by atoms with Crippen LogP contribution in [0.5, 0.6) is 0 Å². The van der Waals surface area contributed by atoms with Crippen molar-refractivity contribution in [1.82, 2.24) is 9.80 Å². The number of aliphatic carboxylic acids is 1. The van der Waals surface area contributed by atoms with Gasteiger partial charge in [0.2, 0.25) is 5.91 Å². The van der Waals surface area contributed by atoms with Gasteiger partial charge in [-0.25, -0.2) is 0 Å². The molecule has 0 bridgehead atoms. The Morgan fingerprint density at radius 2 is 2.00 bits per heavy atom. The number of hydrogen-bond donors (Lipinski definition) is 1. The van der Waals surface area contributed by atoms with Gasteiger partial charge in [0.25, 0.3) is 0 Å². The lowest BCUT2D eigenvalue weighted by Gasteiger charge is -2.44. The van der Waals surface area contributed by atoms with Gasteiger partial charge in [0.15, 0.2) is 0 Å². The summed E-state index contributed by atoms with van der Waals surface area (Å²) in [6.07, 6.45) is 7.42. The van der Waals surface area contributed by atoms with Gasteiger partial charge in [-0.3, -0.25) is 14.5 Å². The Morgan fingerprint density at radius 1 is 1.17 bits per heavy atom. The van der Waals surface area contributed by atoms with Crippen LogP contribution in [0.2, 0.25) is 0 Å². The Hall–Kier alpha value is -1.14. The largest absolute Gasteiger partial charge is 0.481 e. The van der Waals surface area contributed by atoms with Crippen molar-refractivity contribution in [3.63, 3.8) is 0 Å². The zero-order valence-corrected chi connectivity index (χ0v) is 14.3. The van der Waals surface area contributed by atoms with Gasteiger partial charge in [0.1, 0.15) is 0 Å². The van der Waals surface area contributed by atoms with Crippen molar-refractivity contribution in [2.75, 3.05) is 32.8 Å². The molecule has 2 aliphatic heterocycles. The third-order valence-corrected chi connectivity index (χ3v) is 6.78. The normalized spacial score (nSPS) is 39.5. The van der Waals surface area contributed by atoms with Crippen LogP contribution in [0, 0.1) is 11.3 Å². The maximum atomic E-state index is 12.9. The molecule has 6 nitrogen and oxygen atoms in total. The second-order valence-electron chi connectivity index (χ2n) is 8.07. The second kappa shape index (κ2) is 6.30. The Morgan fingerprint density at radius 3 is 2.79 bits per heavy atom. The number of carbonyl (C=O) groups is 2. The molecule has 24 heavy (non-hydrogen) atoms. The minimum Gasteiger partial charge on any atom is -0.481 e. The molecule has 4 fully saturated rings. The number of morpholine rings is 1. The summed E-state index contributed by atoms with van der Waals surface area (Å²) < 4.78 is 5.86. The quantitative estimate of drug-likeness (QED) is 0.842. The number of hydrogen-bond acceptors (Lipinski definition) is 4. The van der Waals surface area contributed by atoms with Crippen molar-refractivity contribution in [2.45, 2.75) is 57.1 Å². The number of carboxylic acid groups (broad SMARTS) is 1. The van der Waals surface area contributed by atoms with Gasteiger partial charge in [-0.05, 0) is 31.6 Å². The Bertz CT molecular complexity index is 523. The summed E-state index contributed by atoms with van der Waals surface area (Å²) in [6, 6.07) is 0.232. The first-order valence-electron chi connectivity index (χ1n) is 9.47. The van der Waals surface area contributed by atoms with E-state index >= 15 is 0 Å². The summed E-state index contributed by atoms with van der Waals surface area (Å²) >= 11 is 0. The molecule has 0 spiro atoms. The van der Waals surface area contributed by atoms with E-state index < -0.39 is 11.4 Å². The van der Waals surface area contributed by atoms with E-state index in [1.165, 1.54) is 12.8 Å². The van der Waals surface area contributed by atoms with E-state index in [2.05, 4.69) is 4.90 Å². The maximum Gasteiger partial charge on any atom is 0.311 e. The molecule has 0 aromatic carbocycles. The standard InChI is InChI=1S/C18H28N2O4/c21-16(20-8-9-24-15-6-2-1-5-14(15)20)11-19-10-13-4-3-7-18(13,12-19)17(22)23/h13-15H,1-12H2,(H,22,23)/t13-,14?,15?,18+/m0/s1. The van der Waals surface area contributed by atoms with E-state index in [-0.39, 0.29) is 24.0 Å². The molecular formula is C18H28N2O4. The number of fused-ring (bicyclic) bond motifs is 2. The van der Waals surface area contributed by atoms with Crippen LogP contribution in [0.15, 0.2) is 0 Å². The highest BCUT2D eigenvalue weighted by molar-refractivity contribution is 5.80. The SMILES string of the molecule is O=C(CN1C[C@@H]2CCC[C@@]2(C(=O)O)C1)N1CCOC2CCCCC21. The predicted molar refractivity (Wildman–Crippen MR) is 87.6 cm³/mol. The molecule has 0 aromatic heterocycles. The number of carboxylic acids is 1. The fourth-order valence-electron chi connectivity index (χ4n) is 5.55. The molecule has 4 aliphatic rings. The van der Waals surface area contributed by atoms with Gasteiger partial charge in [-0.15, -0.1) is 0 Å². The van der Waals surface area contributed by atoms with Crippen molar-refractivity contribution < 1.29 is 19.4 Å². The van der Waals surface area contributed by atoms with Gasteiger partial charge in [-0.1, -0.05) is 19.3 Å². The number of nitrogens with zero attached hydrogens (tertiary/aromatic N) is 2. The lowest BCUT2D eigenvalue weighted by molar-refractivity contribution is -0.152. The Balaban J connectivity index is 1.40. The van der Waals surface area contributed by atoms with Crippen LogP contribution in [0.1, 0.15) is 44.9 Å². The molecule has 0 aromatic rings. The second-order valence-corrected chi connectivity index (χ2v) is 8.07. The fraction of sp³-hybridized carbons (Fsp3) is 0.889. The Kier molecular flexibility index (Phi) is 4.29. The van der Waals surface area contributed by atoms with Crippen LogP contribution in [-0.2, 0) is 14.3 Å². The summed E-state index contributed by atoms with van der Waals surface area (Å²) in [7, 11) is 0. The lowest BCUT2D eigenvalue weighted by atomic mass is 9.81. The minimum atomic E-state index is -0.668. The zero-order valence-electron chi connectivity index (χ0n) is 14.3. The topological polar surface area (TPSA) is 70.1 Å². The number of ether oxygens (including phenoxy) is 1. The summed E-state index contributed by atoms with van der Waals surface area (Å²) in [5.41, 5.74) is -0.599. The molecule has 1 N–H and O–H groups in total. The van der Waals surface area contributed by atoms with Crippen molar-refractivity contribution in [3.8, 4) is 0 Å². The number of amides is 1. The number of likely N-dealkylation sites (tertiary alicyclic amines) is 1. The number of rotatable bonds is 3. The highest BCUT2D eigenvalue weighted by Crippen LogP contribution is 2.48. The van der Waals surface area contributed by atoms with Crippen LogP contribution < -0.4 is 0 Å². The summed E-state index contributed by atoms with van der Waals surface area (Å²) in [6.45, 7) is 2.98. The highest BCUT2D eigenvalue weighted by atomic mass is 16.5. The Labute approximate surface area is 143 Å². The molecule has 2 unspecified atom stereocenters. The molecule has 6 heteroatoms. The van der Waals surface area contributed by atoms with Crippen LogP contribution in [0.3, 0.4) is 0 Å². The highest BCUT2D eigenvalue weighted by Gasteiger charge is 2.55. The molecule has 4 rings (SSSR count). The summed E-state index contributed by atoms with van der Waals surface area (Å²) in [4.78, 5) is 28.8. The molecule has 2 saturated carbocycles. The van der Waals surface area contributed by atoms with Crippen LogP contribution >= 0.6 is 0 Å². The van der Waals surface area contributed by atoms with Crippen LogP contribution in [-0.4, -0.2) is 71.7 Å². The average Bonchev–Trinajstić information content (AvgIpc) is 3.12. The molecule has 1 amide bonds. The van der Waals surface area contributed by atoms with E-state index in [4.69, 9.17) is 4.74 Å². The van der Waals surface area contributed by atoms with Crippen LogP contribution in [0.25, 0.3) is 0 Å². The van der Waals surface area contributed by atoms with Gasteiger partial charge in [0.05, 0.1) is 30.7 Å². The fourth-order valence-corrected chi connectivity index (χ4v) is 5.55. The van der Waals surface area contributed by atoms with Gasteiger partial charge in [-0.2, -0.15) is 0 Å². The third-order valence-electron chi connectivity index (χ3n) is 6.78. The van der Waals surface area contributed by atoms with Crippen molar-refractivity contribution in [3.05, 3.63) is 0 Å². The first kappa shape index (κ1) is 16.3. The lowest BCUT2D eigenvalue weighted by Crippen LogP contribution is -2.56. The average molecular weight is 336 g/mol. The van der Waals surface area contributed by atoms with Gasteiger partial charge < -0.3 is 14.7 Å². The zero-order chi connectivity index (χ0) is 16.7. The maximum absolute atomic E-state index is 12.9. The molecule has 2 saturated heterocycles. The van der Waals surface area contributed by atoms with E-state index in [1.54, 1.807) is 0 Å². The van der Waals surface area contributed by atoms with Crippen LogP contribution in [0.4, 0.5) is 0 Å².